The summed E-state index contributed by atoms with van der Waals surface area (Å²) in [5, 5.41) is 0. The molecule has 1 saturated carbocycles. The summed E-state index contributed by atoms with van der Waals surface area (Å²) in [6.07, 6.45) is 13.3. The molecule has 0 unspecified atom stereocenters. The summed E-state index contributed by atoms with van der Waals surface area (Å²) in [5.74, 6) is 0. The zero-order chi connectivity index (χ0) is 8.65. The van der Waals surface area contributed by atoms with Gasteiger partial charge in [0.05, 0.1) is 0 Å². The summed E-state index contributed by atoms with van der Waals surface area (Å²) in [4.78, 5) is 0. The smallest absolute Gasteiger partial charge is 0.0170 e. The van der Waals surface area contributed by atoms with E-state index in [1.807, 2.05) is 0 Å². The van der Waals surface area contributed by atoms with Gasteiger partial charge in [0.15, 0.2) is 0 Å². The maximum absolute atomic E-state index is 2.29. The fraction of sp³-hybridized carbons (Fsp3) is 1.00. The van der Waals surface area contributed by atoms with E-state index in [4.69, 9.17) is 0 Å². The van der Waals surface area contributed by atoms with Crippen LogP contribution in [0.2, 0.25) is 0 Å². The quantitative estimate of drug-likeness (QED) is 0.423. The maximum atomic E-state index is 2.29. The van der Waals surface area contributed by atoms with Crippen molar-refractivity contribution in [3.05, 3.63) is 0 Å². The minimum atomic E-state index is 1.09. The van der Waals surface area contributed by atoms with Crippen LogP contribution < -0.4 is 0 Å². The Morgan fingerprint density at radius 1 is 1.08 bits per heavy atom. The van der Waals surface area contributed by atoms with E-state index < -0.39 is 0 Å². The van der Waals surface area contributed by atoms with Crippen molar-refractivity contribution < 1.29 is 0 Å². The van der Waals surface area contributed by atoms with Gasteiger partial charge < -0.3 is 0 Å². The Bertz CT molecular complexity index is 95.2. The van der Waals surface area contributed by atoms with Gasteiger partial charge in [-0.25, -0.2) is 0 Å². The number of unbranched alkanes of at least 4 members (excludes halogenated alkanes) is 3. The van der Waals surface area contributed by atoms with Crippen LogP contribution in [0.3, 0.4) is 0 Å². The Balaban J connectivity index is 1.81. The van der Waals surface area contributed by atoms with Crippen LogP contribution in [-0.2, 0) is 0 Å². The average molecular weight is 185 g/mol. The van der Waals surface area contributed by atoms with Crippen molar-refractivity contribution in [1.29, 1.82) is 0 Å². The van der Waals surface area contributed by atoms with Crippen molar-refractivity contribution in [2.24, 2.45) is 0 Å². The largest absolute Gasteiger partial charge is 0.0775 e. The van der Waals surface area contributed by atoms with Crippen LogP contribution in [-0.4, -0.2) is 11.8 Å². The minimum absolute atomic E-state index is 1.09. The topological polar surface area (TPSA) is 0 Å². The van der Waals surface area contributed by atoms with Crippen molar-refractivity contribution in [3.8, 4) is 0 Å². The summed E-state index contributed by atoms with van der Waals surface area (Å²) in [6, 6.07) is 0. The van der Waals surface area contributed by atoms with Crippen molar-refractivity contribution in [2.45, 2.75) is 63.9 Å². The highest BCUT2D eigenvalue weighted by molar-refractivity contribution is 7.38. The highest BCUT2D eigenvalue weighted by Crippen LogP contribution is 2.34. The van der Waals surface area contributed by atoms with Gasteiger partial charge in [-0.2, -0.15) is 0 Å². The molecule has 0 aromatic carbocycles. The lowest BCUT2D eigenvalue weighted by molar-refractivity contribution is 0.704. The Kier molecular flexibility index (Phi) is 6.04. The molecule has 0 heterocycles. The summed E-state index contributed by atoms with van der Waals surface area (Å²) in [7, 11) is 1.77. The first-order chi connectivity index (χ1) is 5.93. The molecule has 0 bridgehead atoms. The summed E-state index contributed by atoms with van der Waals surface area (Å²) >= 11 is 0. The lowest BCUT2D eigenvalue weighted by Crippen LogP contribution is -1.92. The van der Waals surface area contributed by atoms with Gasteiger partial charge in [0.25, 0.3) is 0 Å². The second-order valence-corrected chi connectivity index (χ2v) is 5.45. The molecule has 0 aromatic rings. The standard InChI is InChI=1S/C11H22P/c1-2-3-4-7-10-12-11-8-5-6-9-11/h11H,2-10H2,1H3. The van der Waals surface area contributed by atoms with Crippen LogP contribution in [0.4, 0.5) is 0 Å². The van der Waals surface area contributed by atoms with Gasteiger partial charge in [-0.15, -0.1) is 0 Å². The van der Waals surface area contributed by atoms with E-state index in [1.54, 1.807) is 8.58 Å². The number of hydrogen-bond donors (Lipinski definition) is 0. The first-order valence-electron chi connectivity index (χ1n) is 5.60. The lowest BCUT2D eigenvalue weighted by Gasteiger charge is -2.06. The van der Waals surface area contributed by atoms with Crippen LogP contribution >= 0.6 is 8.58 Å². The van der Waals surface area contributed by atoms with Crippen LogP contribution in [0.5, 0.6) is 0 Å². The third-order valence-corrected chi connectivity index (χ3v) is 4.33. The summed E-state index contributed by atoms with van der Waals surface area (Å²) in [6.45, 7) is 2.29. The molecule has 0 atom stereocenters. The van der Waals surface area contributed by atoms with Crippen molar-refractivity contribution >= 4 is 8.58 Å². The summed E-state index contributed by atoms with van der Waals surface area (Å²) in [5.41, 5.74) is 1.09. The molecule has 0 spiro atoms. The molecule has 12 heavy (non-hydrogen) atoms. The Morgan fingerprint density at radius 3 is 2.50 bits per heavy atom. The van der Waals surface area contributed by atoms with E-state index in [0.717, 1.165) is 5.66 Å². The molecule has 0 nitrogen and oxygen atoms in total. The Morgan fingerprint density at radius 2 is 1.83 bits per heavy atom. The highest BCUT2D eigenvalue weighted by Gasteiger charge is 2.14. The third-order valence-electron chi connectivity index (χ3n) is 2.72. The predicted octanol–water partition coefficient (Wildman–Crippen LogP) is 4.46. The monoisotopic (exact) mass is 185 g/mol. The molecular weight excluding hydrogens is 163 g/mol. The average Bonchev–Trinajstić information content (AvgIpc) is 2.57. The highest BCUT2D eigenvalue weighted by atomic mass is 31.1. The van der Waals surface area contributed by atoms with Crippen LogP contribution in [0.25, 0.3) is 0 Å². The molecule has 1 fully saturated rings. The molecule has 1 heteroatoms. The second kappa shape index (κ2) is 6.89. The fourth-order valence-electron chi connectivity index (χ4n) is 1.90. The fourth-order valence-corrected chi connectivity index (χ4v) is 3.40. The molecule has 1 aliphatic carbocycles. The molecule has 0 saturated heterocycles. The van der Waals surface area contributed by atoms with Crippen LogP contribution in [0.1, 0.15) is 58.3 Å². The van der Waals surface area contributed by atoms with Crippen molar-refractivity contribution in [2.75, 3.05) is 6.16 Å². The Labute approximate surface area is 79.3 Å². The van der Waals surface area contributed by atoms with E-state index >= 15 is 0 Å². The van der Waals surface area contributed by atoms with Crippen LogP contribution in [0.15, 0.2) is 0 Å². The molecule has 1 aliphatic rings. The zero-order valence-corrected chi connectivity index (χ0v) is 9.28. The van der Waals surface area contributed by atoms with E-state index in [-0.39, 0.29) is 0 Å². The molecule has 71 valence electrons. The molecule has 1 radical (unpaired) electrons. The van der Waals surface area contributed by atoms with E-state index in [2.05, 4.69) is 6.92 Å². The van der Waals surface area contributed by atoms with Gasteiger partial charge in [0.1, 0.15) is 0 Å². The van der Waals surface area contributed by atoms with Gasteiger partial charge in [-0.3, -0.25) is 0 Å². The predicted molar refractivity (Wildman–Crippen MR) is 58.2 cm³/mol. The SMILES string of the molecule is CCCCCC[P]C1CCCC1. The number of hydrogen-bond acceptors (Lipinski definition) is 0. The molecule has 0 aliphatic heterocycles. The first kappa shape index (κ1) is 10.5. The molecule has 0 N–H and O–H groups in total. The minimum Gasteiger partial charge on any atom is -0.0775 e. The van der Waals surface area contributed by atoms with Crippen molar-refractivity contribution in [1.82, 2.24) is 0 Å². The molecular formula is C11H22P. The molecule has 0 aromatic heterocycles. The second-order valence-electron chi connectivity index (χ2n) is 3.91. The zero-order valence-electron chi connectivity index (χ0n) is 8.39. The maximum Gasteiger partial charge on any atom is -0.0170 e. The van der Waals surface area contributed by atoms with E-state index in [1.165, 1.54) is 57.5 Å². The van der Waals surface area contributed by atoms with Crippen molar-refractivity contribution in [3.63, 3.8) is 0 Å². The van der Waals surface area contributed by atoms with Crippen LogP contribution in [0, 0.1) is 0 Å². The number of rotatable bonds is 6. The van der Waals surface area contributed by atoms with E-state index in [0.29, 0.717) is 0 Å². The molecule has 0 amide bonds. The van der Waals surface area contributed by atoms with E-state index in [9.17, 15) is 0 Å². The Hall–Kier alpha value is 0.430. The molecule has 1 rings (SSSR count). The van der Waals surface area contributed by atoms with Gasteiger partial charge in [-0.05, 0) is 31.1 Å². The van der Waals surface area contributed by atoms with Gasteiger partial charge in [0, 0.05) is 0 Å². The third kappa shape index (κ3) is 4.45. The normalized spacial score (nSPS) is 19.8. The first-order valence-corrected chi connectivity index (χ1v) is 6.75. The summed E-state index contributed by atoms with van der Waals surface area (Å²) < 4.78 is 0. The van der Waals surface area contributed by atoms with Gasteiger partial charge in [0.2, 0.25) is 0 Å². The van der Waals surface area contributed by atoms with Gasteiger partial charge >= 0.3 is 0 Å². The lowest BCUT2D eigenvalue weighted by atomic mass is 10.2. The van der Waals surface area contributed by atoms with Gasteiger partial charge in [-0.1, -0.05) is 47.6 Å².